The maximum absolute atomic E-state index is 10.5. The minimum absolute atomic E-state index is 0.348. The van der Waals surface area contributed by atoms with Gasteiger partial charge in [0.15, 0.2) is 0 Å². The molecule has 0 aromatic carbocycles. The molecule has 0 aliphatic heterocycles. The maximum atomic E-state index is 10.5. The summed E-state index contributed by atoms with van der Waals surface area (Å²) in [5.74, 6) is 1.02. The Morgan fingerprint density at radius 2 is 1.86 bits per heavy atom. The Labute approximate surface area is 136 Å². The summed E-state index contributed by atoms with van der Waals surface area (Å²) in [5.41, 5.74) is 1.67. The number of aliphatic hydroxyl groups excluding tert-OH is 1. The minimum atomic E-state index is -0.960. The van der Waals surface area contributed by atoms with Crippen LogP contribution in [0.3, 0.4) is 0 Å². The molecule has 1 rings (SSSR count). The van der Waals surface area contributed by atoms with Crippen molar-refractivity contribution >= 4 is 0 Å². The Morgan fingerprint density at radius 1 is 1.18 bits per heavy atom. The summed E-state index contributed by atoms with van der Waals surface area (Å²) in [4.78, 5) is 0. The molecule has 0 fully saturated rings. The van der Waals surface area contributed by atoms with Gasteiger partial charge in [-0.2, -0.15) is 0 Å². The summed E-state index contributed by atoms with van der Waals surface area (Å²) in [6, 6.07) is 0. The molecule has 3 atom stereocenters. The molecule has 2 nitrogen and oxygen atoms in total. The molecular formula is C20H34O2. The zero-order chi connectivity index (χ0) is 16.8. The van der Waals surface area contributed by atoms with Crippen LogP contribution in [-0.2, 0) is 0 Å². The third-order valence-electron chi connectivity index (χ3n) is 4.56. The van der Waals surface area contributed by atoms with Crippen molar-refractivity contribution in [3.8, 4) is 0 Å². The average Bonchev–Trinajstić information content (AvgIpc) is 2.36. The second-order valence-electron chi connectivity index (χ2n) is 7.54. The number of hydrogen-bond acceptors (Lipinski definition) is 2. The van der Waals surface area contributed by atoms with E-state index in [0.29, 0.717) is 18.3 Å². The number of hydrogen-bond donors (Lipinski definition) is 2. The summed E-state index contributed by atoms with van der Waals surface area (Å²) in [5, 5.41) is 20.7. The minimum Gasteiger partial charge on any atom is -0.389 e. The van der Waals surface area contributed by atoms with E-state index < -0.39 is 11.7 Å². The van der Waals surface area contributed by atoms with Gasteiger partial charge in [-0.15, -0.1) is 0 Å². The Balaban J connectivity index is 2.97. The van der Waals surface area contributed by atoms with Crippen molar-refractivity contribution in [2.24, 2.45) is 11.8 Å². The molecule has 0 amide bonds. The van der Waals surface area contributed by atoms with Crippen LogP contribution < -0.4 is 0 Å². The van der Waals surface area contributed by atoms with Gasteiger partial charge >= 0.3 is 0 Å². The quantitative estimate of drug-likeness (QED) is 0.684. The van der Waals surface area contributed by atoms with Crippen LogP contribution in [-0.4, -0.2) is 21.9 Å². The lowest BCUT2D eigenvalue weighted by atomic mass is 9.86. The van der Waals surface area contributed by atoms with Crippen molar-refractivity contribution in [1.29, 1.82) is 0 Å². The summed E-state index contributed by atoms with van der Waals surface area (Å²) in [7, 11) is 0. The lowest BCUT2D eigenvalue weighted by molar-refractivity contribution is 0.0565. The highest BCUT2D eigenvalue weighted by atomic mass is 16.3. The van der Waals surface area contributed by atoms with Crippen LogP contribution in [0.15, 0.2) is 35.5 Å². The third-order valence-corrected chi connectivity index (χ3v) is 4.56. The standard InChI is InChI=1S/C20H34O2/c1-15(2)18-10-9-16(3)7-6-8-17(4)13-19(21)14-20(5,22)12-11-18/h7,11-13,15,18-19,21-22H,6,8-10,14H2,1-5H3/b12-11?,16-7+,17-13+/t18?,19-,20-/m0/s1. The monoisotopic (exact) mass is 306 g/mol. The second-order valence-corrected chi connectivity index (χ2v) is 7.54. The van der Waals surface area contributed by atoms with Crippen LogP contribution in [0.5, 0.6) is 0 Å². The van der Waals surface area contributed by atoms with Gasteiger partial charge in [0.1, 0.15) is 0 Å². The zero-order valence-corrected chi connectivity index (χ0v) is 15.0. The molecule has 1 unspecified atom stereocenters. The van der Waals surface area contributed by atoms with E-state index in [1.54, 1.807) is 6.92 Å². The fraction of sp³-hybridized carbons (Fsp3) is 0.700. The predicted molar refractivity (Wildman–Crippen MR) is 94.7 cm³/mol. The first-order valence-corrected chi connectivity index (χ1v) is 8.62. The molecule has 0 saturated heterocycles. The molecule has 0 heterocycles. The first-order chi connectivity index (χ1) is 10.2. The van der Waals surface area contributed by atoms with E-state index in [0.717, 1.165) is 25.7 Å². The SMILES string of the molecule is C/C1=C\[C@H](O)C[C@@](C)(O)C=CC(C(C)C)CC/C(C)=C/CC1. The van der Waals surface area contributed by atoms with E-state index in [4.69, 9.17) is 0 Å². The van der Waals surface area contributed by atoms with E-state index in [2.05, 4.69) is 39.8 Å². The Kier molecular flexibility index (Phi) is 7.58. The van der Waals surface area contributed by atoms with Crippen molar-refractivity contribution in [3.05, 3.63) is 35.5 Å². The number of aliphatic hydroxyl groups is 2. The van der Waals surface area contributed by atoms with E-state index >= 15 is 0 Å². The van der Waals surface area contributed by atoms with Crippen molar-refractivity contribution in [2.45, 2.75) is 78.4 Å². The van der Waals surface area contributed by atoms with Crippen molar-refractivity contribution in [2.75, 3.05) is 0 Å². The smallest absolute Gasteiger partial charge is 0.0827 e. The molecule has 1 aliphatic carbocycles. The molecule has 0 aromatic heterocycles. The van der Waals surface area contributed by atoms with Crippen LogP contribution in [0.1, 0.15) is 66.7 Å². The Bertz CT molecular complexity index is 427. The molecule has 2 heteroatoms. The first kappa shape index (κ1) is 19.2. The summed E-state index contributed by atoms with van der Waals surface area (Å²) in [6.07, 6.45) is 12.2. The molecule has 0 aromatic rings. The molecule has 2 N–H and O–H groups in total. The highest BCUT2D eigenvalue weighted by Crippen LogP contribution is 2.25. The van der Waals surface area contributed by atoms with Gasteiger partial charge in [-0.3, -0.25) is 0 Å². The molecule has 0 radical (unpaired) electrons. The first-order valence-electron chi connectivity index (χ1n) is 8.62. The molecular weight excluding hydrogens is 272 g/mol. The van der Waals surface area contributed by atoms with Crippen molar-refractivity contribution < 1.29 is 10.2 Å². The predicted octanol–water partition coefficient (Wildman–Crippen LogP) is 4.78. The number of rotatable bonds is 1. The molecule has 0 spiro atoms. The molecule has 22 heavy (non-hydrogen) atoms. The third kappa shape index (κ3) is 7.42. The van der Waals surface area contributed by atoms with Crippen molar-refractivity contribution in [3.63, 3.8) is 0 Å². The molecule has 0 saturated carbocycles. The highest BCUT2D eigenvalue weighted by Gasteiger charge is 2.21. The summed E-state index contributed by atoms with van der Waals surface area (Å²) >= 11 is 0. The van der Waals surface area contributed by atoms with Crippen LogP contribution in [0, 0.1) is 11.8 Å². The highest BCUT2D eigenvalue weighted by molar-refractivity contribution is 5.10. The van der Waals surface area contributed by atoms with Gasteiger partial charge in [-0.1, -0.05) is 49.3 Å². The van der Waals surface area contributed by atoms with Crippen LogP contribution in [0.2, 0.25) is 0 Å². The van der Waals surface area contributed by atoms with Crippen molar-refractivity contribution in [1.82, 2.24) is 0 Å². The average molecular weight is 306 g/mol. The lowest BCUT2D eigenvalue weighted by Crippen LogP contribution is -2.27. The molecule has 126 valence electrons. The van der Waals surface area contributed by atoms with Gasteiger partial charge in [0.2, 0.25) is 0 Å². The van der Waals surface area contributed by atoms with Gasteiger partial charge in [-0.05, 0) is 58.3 Å². The summed E-state index contributed by atoms with van der Waals surface area (Å²) in [6.45, 7) is 10.5. The normalized spacial score (nSPS) is 37.1. The Hall–Kier alpha value is -0.860. The van der Waals surface area contributed by atoms with Gasteiger partial charge in [0.05, 0.1) is 11.7 Å². The van der Waals surface area contributed by atoms with E-state index in [1.807, 2.05) is 12.2 Å². The van der Waals surface area contributed by atoms with Gasteiger partial charge in [0.25, 0.3) is 0 Å². The van der Waals surface area contributed by atoms with Gasteiger partial charge in [-0.25, -0.2) is 0 Å². The van der Waals surface area contributed by atoms with Crippen LogP contribution in [0.25, 0.3) is 0 Å². The zero-order valence-electron chi connectivity index (χ0n) is 15.0. The van der Waals surface area contributed by atoms with Crippen LogP contribution >= 0.6 is 0 Å². The second kappa shape index (κ2) is 8.69. The van der Waals surface area contributed by atoms with Gasteiger partial charge < -0.3 is 10.2 Å². The lowest BCUT2D eigenvalue weighted by Gasteiger charge is -2.24. The topological polar surface area (TPSA) is 40.5 Å². The fourth-order valence-electron chi connectivity index (χ4n) is 2.99. The number of allylic oxidation sites excluding steroid dienone is 4. The Morgan fingerprint density at radius 3 is 2.50 bits per heavy atom. The maximum Gasteiger partial charge on any atom is 0.0827 e. The molecule has 0 bridgehead atoms. The van der Waals surface area contributed by atoms with E-state index in [-0.39, 0.29) is 0 Å². The molecule has 1 aliphatic rings. The largest absolute Gasteiger partial charge is 0.389 e. The van der Waals surface area contributed by atoms with Gasteiger partial charge in [0, 0.05) is 6.42 Å². The van der Waals surface area contributed by atoms with E-state index in [1.165, 1.54) is 11.1 Å². The summed E-state index contributed by atoms with van der Waals surface area (Å²) < 4.78 is 0. The van der Waals surface area contributed by atoms with E-state index in [9.17, 15) is 10.2 Å². The fourth-order valence-corrected chi connectivity index (χ4v) is 2.99. The van der Waals surface area contributed by atoms with Crippen LogP contribution in [0.4, 0.5) is 0 Å².